The Balaban J connectivity index is 3.59. The van der Waals surface area contributed by atoms with Gasteiger partial charge in [0, 0.05) is 12.8 Å². The highest BCUT2D eigenvalue weighted by Crippen LogP contribution is 2.16. The quantitative estimate of drug-likeness (QED) is 0.0321. The first-order valence-corrected chi connectivity index (χ1v) is 28.6. The zero-order chi connectivity index (χ0) is 47.9. The molecule has 66 heavy (non-hydrogen) atoms. The molecule has 0 aliphatic heterocycles. The maximum Gasteiger partial charge on any atom is 0.305 e. The molecule has 0 fully saturated rings. The van der Waals surface area contributed by atoms with E-state index in [0.717, 1.165) is 64.2 Å². The Bertz CT molecular complexity index is 1160. The van der Waals surface area contributed by atoms with Crippen molar-refractivity contribution in [2.45, 2.75) is 296 Å². The number of hydrogen-bond donors (Lipinski definition) is 3. The molecule has 0 aromatic heterocycles. The predicted octanol–water partition coefficient (Wildman–Crippen LogP) is 17.6. The van der Waals surface area contributed by atoms with Crippen molar-refractivity contribution < 1.29 is 24.5 Å². The van der Waals surface area contributed by atoms with E-state index in [0.29, 0.717) is 25.9 Å². The molecule has 384 valence electrons. The van der Waals surface area contributed by atoms with E-state index in [1.807, 2.05) is 12.2 Å². The summed E-state index contributed by atoms with van der Waals surface area (Å²) in [6.45, 7) is 4.82. The highest BCUT2D eigenvalue weighted by atomic mass is 16.5. The number of rotatable bonds is 52. The van der Waals surface area contributed by atoms with Crippen molar-refractivity contribution in [2.75, 3.05) is 13.2 Å². The SMILES string of the molecule is CCCCCC/C=C\C/C=C\CCCCCCCC(=O)OCCCCCCCC/C=C\C/C=C\CCC(=O)NC(CO)C(O)/C=C/CCCCCCCCCCCCCCCCCCCC. The predicted molar refractivity (Wildman–Crippen MR) is 287 cm³/mol. The van der Waals surface area contributed by atoms with Crippen LogP contribution in [0.5, 0.6) is 0 Å². The van der Waals surface area contributed by atoms with Crippen molar-refractivity contribution in [2.24, 2.45) is 0 Å². The fourth-order valence-corrected chi connectivity index (χ4v) is 8.36. The standard InChI is InChI=1S/C60H109NO5/c1-3-5-7-9-11-13-15-17-19-21-22-23-24-25-28-32-36-40-44-48-52-58(63)57(56-62)61-59(64)53-49-45-41-37-33-29-27-31-35-39-43-47-51-55-66-60(65)54-50-46-42-38-34-30-26-20-18-16-14-12-10-8-6-4-2/h14,16,20,26,29,33,41,45,48,52,57-58,62-63H,3-13,15,17-19,21-25,27-28,30-32,34-40,42-44,46-47,49-51,53-56H2,1-2H3,(H,61,64)/b16-14-,26-20-,33-29-,45-41-,52-48+. The Hall–Kier alpha value is -2.44. The lowest BCUT2D eigenvalue weighted by molar-refractivity contribution is -0.143. The van der Waals surface area contributed by atoms with Gasteiger partial charge < -0.3 is 20.3 Å². The molecule has 0 saturated heterocycles. The molecule has 0 aliphatic rings. The van der Waals surface area contributed by atoms with Crippen molar-refractivity contribution in [3.05, 3.63) is 60.8 Å². The molecule has 1 amide bonds. The van der Waals surface area contributed by atoms with Crippen molar-refractivity contribution in [3.8, 4) is 0 Å². The lowest BCUT2D eigenvalue weighted by Crippen LogP contribution is -2.45. The van der Waals surface area contributed by atoms with Crippen LogP contribution in [-0.4, -0.2) is 47.4 Å². The minimum atomic E-state index is -0.882. The summed E-state index contributed by atoms with van der Waals surface area (Å²) in [7, 11) is 0. The van der Waals surface area contributed by atoms with Crippen molar-refractivity contribution in [3.63, 3.8) is 0 Å². The molecule has 0 heterocycles. The van der Waals surface area contributed by atoms with Gasteiger partial charge in [0.05, 0.1) is 25.4 Å². The smallest absolute Gasteiger partial charge is 0.305 e. The lowest BCUT2D eigenvalue weighted by atomic mass is 10.0. The topological polar surface area (TPSA) is 95.9 Å². The number of nitrogens with one attached hydrogen (secondary N) is 1. The zero-order valence-electron chi connectivity index (χ0n) is 43.7. The summed E-state index contributed by atoms with van der Waals surface area (Å²) in [4.78, 5) is 24.5. The van der Waals surface area contributed by atoms with Crippen LogP contribution in [0.2, 0.25) is 0 Å². The molecule has 0 radical (unpaired) electrons. The number of amides is 1. The number of allylic oxidation sites excluding steroid dienone is 9. The molecule has 3 N–H and O–H groups in total. The normalized spacial score (nSPS) is 13.1. The number of carbonyl (C=O) groups excluding carboxylic acids is 2. The molecular weight excluding hydrogens is 815 g/mol. The van der Waals surface area contributed by atoms with E-state index in [1.54, 1.807) is 6.08 Å². The molecule has 6 heteroatoms. The van der Waals surface area contributed by atoms with Gasteiger partial charge in [-0.2, -0.15) is 0 Å². The summed E-state index contributed by atoms with van der Waals surface area (Å²) in [5, 5.41) is 23.1. The molecule has 0 spiro atoms. The minimum Gasteiger partial charge on any atom is -0.466 e. The second-order valence-corrected chi connectivity index (χ2v) is 19.3. The molecule has 0 aliphatic carbocycles. The van der Waals surface area contributed by atoms with Crippen LogP contribution in [-0.2, 0) is 14.3 Å². The Kier molecular flexibility index (Phi) is 53.1. The van der Waals surface area contributed by atoms with E-state index < -0.39 is 12.1 Å². The van der Waals surface area contributed by atoms with Crippen LogP contribution in [0, 0.1) is 0 Å². The summed E-state index contributed by atoms with van der Waals surface area (Å²) < 4.78 is 5.45. The van der Waals surface area contributed by atoms with Gasteiger partial charge in [-0.15, -0.1) is 0 Å². The van der Waals surface area contributed by atoms with Crippen molar-refractivity contribution in [1.82, 2.24) is 5.32 Å². The molecule has 0 saturated carbocycles. The second kappa shape index (κ2) is 55.2. The summed E-state index contributed by atoms with van der Waals surface area (Å²) in [5.74, 6) is -0.181. The summed E-state index contributed by atoms with van der Waals surface area (Å²) in [6.07, 6.45) is 71.0. The summed E-state index contributed by atoms with van der Waals surface area (Å²) in [6, 6.07) is -0.675. The van der Waals surface area contributed by atoms with Crippen LogP contribution in [0.3, 0.4) is 0 Å². The first-order valence-electron chi connectivity index (χ1n) is 28.6. The monoisotopic (exact) mass is 924 g/mol. The van der Waals surface area contributed by atoms with E-state index in [4.69, 9.17) is 4.74 Å². The maximum atomic E-state index is 12.4. The van der Waals surface area contributed by atoms with Crippen molar-refractivity contribution in [1.29, 1.82) is 0 Å². The van der Waals surface area contributed by atoms with Gasteiger partial charge in [0.15, 0.2) is 0 Å². The highest BCUT2D eigenvalue weighted by molar-refractivity contribution is 5.76. The fraction of sp³-hybridized carbons (Fsp3) is 0.800. The largest absolute Gasteiger partial charge is 0.466 e. The van der Waals surface area contributed by atoms with Crippen LogP contribution >= 0.6 is 0 Å². The van der Waals surface area contributed by atoms with Gasteiger partial charge in [-0.25, -0.2) is 0 Å². The molecule has 0 rings (SSSR count). The number of carbonyl (C=O) groups is 2. The third-order valence-corrected chi connectivity index (χ3v) is 12.8. The molecule has 6 nitrogen and oxygen atoms in total. The number of ether oxygens (including phenoxy) is 1. The van der Waals surface area contributed by atoms with E-state index in [-0.39, 0.29) is 18.5 Å². The molecule has 0 bridgehead atoms. The average molecular weight is 925 g/mol. The van der Waals surface area contributed by atoms with Gasteiger partial charge in [0.25, 0.3) is 0 Å². The Labute approximate surface area is 409 Å². The van der Waals surface area contributed by atoms with Crippen LogP contribution in [0.15, 0.2) is 60.8 Å². The van der Waals surface area contributed by atoms with Crippen molar-refractivity contribution >= 4 is 11.9 Å². The van der Waals surface area contributed by atoms with Gasteiger partial charge in [0.2, 0.25) is 5.91 Å². The first kappa shape index (κ1) is 63.6. The van der Waals surface area contributed by atoms with Crippen LogP contribution in [0.1, 0.15) is 284 Å². The lowest BCUT2D eigenvalue weighted by Gasteiger charge is -2.19. The van der Waals surface area contributed by atoms with E-state index in [9.17, 15) is 19.8 Å². The molecule has 2 unspecified atom stereocenters. The number of aliphatic hydroxyl groups is 2. The zero-order valence-corrected chi connectivity index (χ0v) is 43.7. The van der Waals surface area contributed by atoms with Gasteiger partial charge >= 0.3 is 5.97 Å². The number of unbranched alkanes of at least 4 members (excludes halogenated alkanes) is 33. The first-order chi connectivity index (χ1) is 32.5. The highest BCUT2D eigenvalue weighted by Gasteiger charge is 2.17. The molecule has 2 atom stereocenters. The Morgan fingerprint density at radius 3 is 1.20 bits per heavy atom. The molecular formula is C60H109NO5. The maximum absolute atomic E-state index is 12.4. The van der Waals surface area contributed by atoms with Gasteiger partial charge in [0.1, 0.15) is 0 Å². The third-order valence-electron chi connectivity index (χ3n) is 12.8. The van der Waals surface area contributed by atoms with E-state index >= 15 is 0 Å². The van der Waals surface area contributed by atoms with E-state index in [1.165, 1.54) is 186 Å². The molecule has 0 aromatic rings. The number of hydrogen-bond acceptors (Lipinski definition) is 5. The van der Waals surface area contributed by atoms with E-state index in [2.05, 4.69) is 61.7 Å². The summed E-state index contributed by atoms with van der Waals surface area (Å²) >= 11 is 0. The average Bonchev–Trinajstić information content (AvgIpc) is 3.32. The molecule has 0 aromatic carbocycles. The van der Waals surface area contributed by atoms with Crippen LogP contribution in [0.4, 0.5) is 0 Å². The minimum absolute atomic E-state index is 0.0325. The summed E-state index contributed by atoms with van der Waals surface area (Å²) in [5.41, 5.74) is 0. The van der Waals surface area contributed by atoms with Gasteiger partial charge in [-0.1, -0.05) is 248 Å². The number of aliphatic hydroxyl groups excluding tert-OH is 2. The Morgan fingerprint density at radius 1 is 0.424 bits per heavy atom. The second-order valence-electron chi connectivity index (χ2n) is 19.3. The van der Waals surface area contributed by atoms with Crippen LogP contribution in [0.25, 0.3) is 0 Å². The Morgan fingerprint density at radius 2 is 0.773 bits per heavy atom. The third kappa shape index (κ3) is 51.0. The number of esters is 1. The van der Waals surface area contributed by atoms with Crippen LogP contribution < -0.4 is 5.32 Å². The fourth-order valence-electron chi connectivity index (χ4n) is 8.36. The van der Waals surface area contributed by atoms with Gasteiger partial charge in [-0.3, -0.25) is 9.59 Å². The van der Waals surface area contributed by atoms with Gasteiger partial charge in [-0.05, 0) is 83.5 Å².